The Labute approximate surface area is 178 Å². The summed E-state index contributed by atoms with van der Waals surface area (Å²) >= 11 is 0. The van der Waals surface area contributed by atoms with Crippen LogP contribution in [0, 0.1) is 6.92 Å². The molecule has 0 radical (unpaired) electrons. The first-order chi connectivity index (χ1) is 14.9. The Morgan fingerprint density at radius 2 is 2.13 bits per heavy atom. The molecule has 1 saturated heterocycles. The van der Waals surface area contributed by atoms with Gasteiger partial charge < -0.3 is 9.42 Å². The van der Waals surface area contributed by atoms with Crippen molar-refractivity contribution in [2.24, 2.45) is 4.36 Å². The van der Waals surface area contributed by atoms with Gasteiger partial charge in [-0.25, -0.2) is 18.9 Å². The molecule has 0 aromatic carbocycles. The number of aryl methyl sites for hydroxylation is 1. The molecule has 1 atom stereocenters. The number of aromatic nitrogens is 5. The molecule has 3 aromatic heterocycles. The average Bonchev–Trinajstić information content (AvgIpc) is 3.38. The summed E-state index contributed by atoms with van der Waals surface area (Å²) in [6.45, 7) is 2.49. The predicted molar refractivity (Wildman–Crippen MR) is 110 cm³/mol. The SMILES string of the molecule is Cc1cc(CC(=O)N2CCCS(=O)(=NC(=O)c3ccnc(-n4cncn4)c3)CC2)no1. The summed E-state index contributed by atoms with van der Waals surface area (Å²) in [4.78, 5) is 34.9. The van der Waals surface area contributed by atoms with E-state index in [0.717, 1.165) is 0 Å². The van der Waals surface area contributed by atoms with Gasteiger partial charge in [-0.1, -0.05) is 5.16 Å². The van der Waals surface area contributed by atoms with Gasteiger partial charge in [0.05, 0.1) is 21.8 Å². The second kappa shape index (κ2) is 8.76. The number of rotatable bonds is 4. The maximum atomic E-state index is 13.3. The zero-order valence-corrected chi connectivity index (χ0v) is 17.7. The lowest BCUT2D eigenvalue weighted by molar-refractivity contribution is -0.130. The van der Waals surface area contributed by atoms with Crippen LogP contribution in [0.2, 0.25) is 0 Å². The van der Waals surface area contributed by atoms with Gasteiger partial charge in [-0.05, 0) is 25.5 Å². The topological polar surface area (TPSA) is 136 Å². The third kappa shape index (κ3) is 5.02. The van der Waals surface area contributed by atoms with Crippen LogP contribution in [0.1, 0.15) is 28.2 Å². The van der Waals surface area contributed by atoms with Crippen LogP contribution in [-0.2, 0) is 20.9 Å². The number of hydrogen-bond acceptors (Lipinski definition) is 8. The van der Waals surface area contributed by atoms with E-state index in [2.05, 4.69) is 24.6 Å². The van der Waals surface area contributed by atoms with Gasteiger partial charge in [-0.3, -0.25) is 9.59 Å². The summed E-state index contributed by atoms with van der Waals surface area (Å²) in [5, 5.41) is 7.83. The summed E-state index contributed by atoms with van der Waals surface area (Å²) in [6, 6.07) is 4.76. The van der Waals surface area contributed by atoms with Gasteiger partial charge in [0.25, 0.3) is 5.91 Å². The maximum absolute atomic E-state index is 13.3. The van der Waals surface area contributed by atoms with Crippen LogP contribution >= 0.6 is 0 Å². The Morgan fingerprint density at radius 3 is 2.87 bits per heavy atom. The van der Waals surface area contributed by atoms with E-state index in [9.17, 15) is 13.8 Å². The van der Waals surface area contributed by atoms with E-state index in [1.807, 2.05) is 0 Å². The van der Waals surface area contributed by atoms with Crippen molar-refractivity contribution in [2.45, 2.75) is 19.8 Å². The first-order valence-corrected chi connectivity index (χ1v) is 11.6. The van der Waals surface area contributed by atoms with Crippen LogP contribution in [0.5, 0.6) is 0 Å². The molecule has 0 spiro atoms. The monoisotopic (exact) mass is 443 g/mol. The molecular weight excluding hydrogens is 422 g/mol. The number of pyridine rings is 1. The second-order valence-corrected chi connectivity index (χ2v) is 9.70. The summed E-state index contributed by atoms with van der Waals surface area (Å²) < 4.78 is 23.7. The lowest BCUT2D eigenvalue weighted by atomic mass is 10.2. The van der Waals surface area contributed by atoms with E-state index >= 15 is 0 Å². The molecule has 1 unspecified atom stereocenters. The fourth-order valence-electron chi connectivity index (χ4n) is 3.26. The fraction of sp³-hybridized carbons (Fsp3) is 0.368. The second-order valence-electron chi connectivity index (χ2n) is 7.16. The zero-order chi connectivity index (χ0) is 21.8. The summed E-state index contributed by atoms with van der Waals surface area (Å²) in [5.74, 6) is 0.758. The molecule has 0 N–H and O–H groups in total. The first kappa shape index (κ1) is 20.8. The van der Waals surface area contributed by atoms with E-state index in [0.29, 0.717) is 30.2 Å². The van der Waals surface area contributed by atoms with Crippen LogP contribution in [0.15, 0.2) is 45.9 Å². The molecule has 0 aliphatic carbocycles. The summed E-state index contributed by atoms with van der Waals surface area (Å²) in [5.41, 5.74) is 0.829. The summed E-state index contributed by atoms with van der Waals surface area (Å²) in [6.07, 6.45) is 4.91. The molecule has 11 nitrogen and oxygen atoms in total. The van der Waals surface area contributed by atoms with Gasteiger partial charge in [0.15, 0.2) is 5.82 Å². The summed E-state index contributed by atoms with van der Waals surface area (Å²) in [7, 11) is -2.78. The van der Waals surface area contributed by atoms with Gasteiger partial charge in [0, 0.05) is 42.4 Å². The minimum Gasteiger partial charge on any atom is -0.361 e. The first-order valence-electron chi connectivity index (χ1n) is 9.70. The zero-order valence-electron chi connectivity index (χ0n) is 16.9. The van der Waals surface area contributed by atoms with E-state index in [-0.39, 0.29) is 35.9 Å². The molecular formula is C19H21N7O4S. The van der Waals surface area contributed by atoms with Crippen LogP contribution in [0.25, 0.3) is 5.82 Å². The molecule has 3 aromatic rings. The maximum Gasteiger partial charge on any atom is 0.285 e. The molecule has 1 aliphatic rings. The number of nitrogens with zero attached hydrogens (tertiary/aromatic N) is 7. The molecule has 162 valence electrons. The van der Waals surface area contributed by atoms with Crippen molar-refractivity contribution in [1.29, 1.82) is 0 Å². The highest BCUT2D eigenvalue weighted by atomic mass is 32.2. The standard InChI is InChI=1S/C19H21N7O4S/c1-14-9-16(23-30-14)11-18(27)25-5-2-7-31(29,8-6-25)24-19(28)15-3-4-21-17(10-15)26-13-20-12-22-26/h3-4,9-10,12-13H,2,5-8,11H2,1H3. The Bertz CT molecular complexity index is 1210. The van der Waals surface area contributed by atoms with Crippen molar-refractivity contribution in [1.82, 2.24) is 29.8 Å². The molecule has 1 fully saturated rings. The van der Waals surface area contributed by atoms with E-state index in [1.165, 1.54) is 35.7 Å². The van der Waals surface area contributed by atoms with Gasteiger partial charge in [-0.2, -0.15) is 9.46 Å². The smallest absolute Gasteiger partial charge is 0.285 e. The van der Waals surface area contributed by atoms with Crippen LogP contribution in [0.3, 0.4) is 0 Å². The Hall–Kier alpha value is -3.41. The Morgan fingerprint density at radius 1 is 1.26 bits per heavy atom. The molecule has 1 aliphatic heterocycles. The lowest BCUT2D eigenvalue weighted by Crippen LogP contribution is -2.34. The third-order valence-corrected chi connectivity index (χ3v) is 7.07. The Kier molecular flexibility index (Phi) is 5.89. The number of carbonyl (C=O) groups excluding carboxylic acids is 2. The van der Waals surface area contributed by atoms with Crippen molar-refractivity contribution in [2.75, 3.05) is 24.6 Å². The van der Waals surface area contributed by atoms with Crippen LogP contribution in [0.4, 0.5) is 0 Å². The molecule has 0 saturated carbocycles. The largest absolute Gasteiger partial charge is 0.361 e. The van der Waals surface area contributed by atoms with Crippen molar-refractivity contribution in [3.05, 3.63) is 54.1 Å². The predicted octanol–water partition coefficient (Wildman–Crippen LogP) is 1.04. The third-order valence-electron chi connectivity index (χ3n) is 4.83. The molecule has 0 bridgehead atoms. The molecule has 31 heavy (non-hydrogen) atoms. The minimum absolute atomic E-state index is 0.116. The van der Waals surface area contributed by atoms with Crippen molar-refractivity contribution in [3.63, 3.8) is 0 Å². The molecule has 4 rings (SSSR count). The minimum atomic E-state index is -2.78. The van der Waals surface area contributed by atoms with Gasteiger partial charge in [-0.15, -0.1) is 0 Å². The molecule has 4 heterocycles. The highest BCUT2D eigenvalue weighted by molar-refractivity contribution is 7.93. The quantitative estimate of drug-likeness (QED) is 0.583. The van der Waals surface area contributed by atoms with Crippen LogP contribution < -0.4 is 0 Å². The lowest BCUT2D eigenvalue weighted by Gasteiger charge is -2.19. The number of carbonyl (C=O) groups is 2. The van der Waals surface area contributed by atoms with Crippen molar-refractivity contribution in [3.8, 4) is 5.82 Å². The van der Waals surface area contributed by atoms with Crippen molar-refractivity contribution < 1.29 is 18.3 Å². The highest BCUT2D eigenvalue weighted by Crippen LogP contribution is 2.14. The average molecular weight is 443 g/mol. The van der Waals surface area contributed by atoms with E-state index < -0.39 is 15.6 Å². The van der Waals surface area contributed by atoms with Crippen molar-refractivity contribution >= 4 is 21.5 Å². The van der Waals surface area contributed by atoms with Gasteiger partial charge >= 0.3 is 0 Å². The van der Waals surface area contributed by atoms with E-state index in [4.69, 9.17) is 4.52 Å². The van der Waals surface area contributed by atoms with Gasteiger partial charge in [0.2, 0.25) is 5.91 Å². The van der Waals surface area contributed by atoms with Gasteiger partial charge in [0.1, 0.15) is 18.4 Å². The van der Waals surface area contributed by atoms with Crippen LogP contribution in [-0.4, -0.2) is 70.4 Å². The fourth-order valence-corrected chi connectivity index (χ4v) is 5.14. The molecule has 2 amide bonds. The van der Waals surface area contributed by atoms with E-state index in [1.54, 1.807) is 17.9 Å². The Balaban J connectivity index is 1.46. The number of hydrogen-bond donors (Lipinski definition) is 0. The number of amides is 2. The molecule has 12 heteroatoms. The normalized spacial score (nSPS) is 19.1. The highest BCUT2D eigenvalue weighted by Gasteiger charge is 2.24.